The van der Waals surface area contributed by atoms with Gasteiger partial charge in [-0.05, 0) is 56.2 Å². The fourth-order valence-corrected chi connectivity index (χ4v) is 4.90. The smallest absolute Gasteiger partial charge is 0.255 e. The summed E-state index contributed by atoms with van der Waals surface area (Å²) in [5.41, 5.74) is 4.46. The van der Waals surface area contributed by atoms with Crippen molar-refractivity contribution in [3.8, 4) is 0 Å². The Balaban J connectivity index is 1.29. The molecule has 1 aliphatic rings. The maximum atomic E-state index is 15.0. The summed E-state index contributed by atoms with van der Waals surface area (Å²) in [4.78, 5) is 24.1. The molecular formula is C28H31ClFN7O2. The maximum absolute atomic E-state index is 15.0. The number of anilines is 2. The molecule has 204 valence electrons. The van der Waals surface area contributed by atoms with Crippen LogP contribution in [0.3, 0.4) is 0 Å². The number of aromatic nitrogens is 4. The van der Waals surface area contributed by atoms with E-state index in [0.717, 1.165) is 23.2 Å². The van der Waals surface area contributed by atoms with E-state index in [0.29, 0.717) is 55.6 Å². The minimum Gasteiger partial charge on any atom is -0.379 e. The van der Waals surface area contributed by atoms with Gasteiger partial charge in [0, 0.05) is 48.0 Å². The van der Waals surface area contributed by atoms with E-state index < -0.39 is 11.7 Å². The summed E-state index contributed by atoms with van der Waals surface area (Å²) >= 11 is 6.41. The fraction of sp³-hybridized carbons (Fsp3) is 0.357. The average molecular weight is 552 g/mol. The quantitative estimate of drug-likeness (QED) is 0.310. The molecule has 4 aromatic rings. The van der Waals surface area contributed by atoms with Crippen LogP contribution in [-0.4, -0.2) is 56.9 Å². The van der Waals surface area contributed by atoms with Gasteiger partial charge >= 0.3 is 0 Å². The van der Waals surface area contributed by atoms with Crippen molar-refractivity contribution >= 4 is 40.2 Å². The van der Waals surface area contributed by atoms with Crippen molar-refractivity contribution in [2.24, 2.45) is 0 Å². The van der Waals surface area contributed by atoms with Crippen LogP contribution in [0.15, 0.2) is 42.7 Å². The average Bonchev–Trinajstić information content (AvgIpc) is 3.35. The Morgan fingerprint density at radius 2 is 2.03 bits per heavy atom. The monoisotopic (exact) mass is 551 g/mol. The highest BCUT2D eigenvalue weighted by molar-refractivity contribution is 6.31. The topological polar surface area (TPSA) is 97.2 Å². The van der Waals surface area contributed by atoms with E-state index in [4.69, 9.17) is 16.3 Å². The Morgan fingerprint density at radius 1 is 1.23 bits per heavy atom. The number of aryl methyl sites for hydroxylation is 2. The standard InChI is InChI=1S/C28H31ClFN7O2/c1-4-37-16-25-27(35-37)34-26(14-31-25)32-18(3)21-13-20(6-5-17(21)2)33-28(38)19-11-23(29)22(24(30)12-19)15-36-7-9-39-10-8-36/h5-6,11-14,16,18H,4,7-10,15H2,1-3H3,(H,33,38)(H,32,34,35)/t18-/m0/s1. The maximum Gasteiger partial charge on any atom is 0.255 e. The molecule has 1 aliphatic heterocycles. The summed E-state index contributed by atoms with van der Waals surface area (Å²) in [7, 11) is 0. The number of carbonyl (C=O) groups is 1. The number of nitrogens with one attached hydrogen (secondary N) is 2. The Morgan fingerprint density at radius 3 is 2.77 bits per heavy atom. The van der Waals surface area contributed by atoms with E-state index in [1.165, 1.54) is 12.1 Å². The SMILES string of the molecule is CCn1cc2ncc(N[C@@H](C)c3cc(NC(=O)c4cc(F)c(CN5CCOCC5)c(Cl)c4)ccc3C)nc2n1. The molecule has 1 atom stereocenters. The molecule has 2 aromatic heterocycles. The molecule has 0 aliphatic carbocycles. The van der Waals surface area contributed by atoms with Gasteiger partial charge in [0.05, 0.1) is 31.6 Å². The minimum atomic E-state index is -0.497. The highest BCUT2D eigenvalue weighted by atomic mass is 35.5. The van der Waals surface area contributed by atoms with E-state index in [1.807, 2.05) is 45.2 Å². The Labute approximate surface area is 231 Å². The van der Waals surface area contributed by atoms with Gasteiger partial charge in [-0.25, -0.2) is 14.4 Å². The number of hydrogen-bond acceptors (Lipinski definition) is 7. The second kappa shape index (κ2) is 11.6. The van der Waals surface area contributed by atoms with Crippen LogP contribution in [0.5, 0.6) is 0 Å². The molecule has 2 N–H and O–H groups in total. The first-order chi connectivity index (χ1) is 18.8. The van der Waals surface area contributed by atoms with Crippen LogP contribution < -0.4 is 10.6 Å². The molecule has 0 saturated carbocycles. The molecule has 0 bridgehead atoms. The molecule has 0 unspecified atom stereocenters. The van der Waals surface area contributed by atoms with Crippen LogP contribution >= 0.6 is 11.6 Å². The second-order valence-electron chi connectivity index (χ2n) is 9.65. The first-order valence-electron chi connectivity index (χ1n) is 13.0. The molecular weight excluding hydrogens is 521 g/mol. The van der Waals surface area contributed by atoms with Crippen molar-refractivity contribution in [2.75, 3.05) is 36.9 Å². The largest absolute Gasteiger partial charge is 0.379 e. The van der Waals surface area contributed by atoms with Gasteiger partial charge in [0.2, 0.25) is 5.65 Å². The fourth-order valence-electron chi connectivity index (χ4n) is 4.63. The summed E-state index contributed by atoms with van der Waals surface area (Å²) in [5.74, 6) is -0.331. The number of rotatable bonds is 8. The Kier molecular flexibility index (Phi) is 8.06. The van der Waals surface area contributed by atoms with Crippen molar-refractivity contribution < 1.29 is 13.9 Å². The first kappa shape index (κ1) is 27.0. The number of carbonyl (C=O) groups excluding carboxylic acids is 1. The number of nitrogens with zero attached hydrogens (tertiary/aromatic N) is 5. The van der Waals surface area contributed by atoms with Gasteiger partial charge in [-0.3, -0.25) is 14.4 Å². The molecule has 3 heterocycles. The van der Waals surface area contributed by atoms with Gasteiger partial charge in [0.15, 0.2) is 0 Å². The molecule has 1 amide bonds. The van der Waals surface area contributed by atoms with Crippen molar-refractivity contribution in [3.63, 3.8) is 0 Å². The van der Waals surface area contributed by atoms with Crippen LogP contribution in [0.2, 0.25) is 5.02 Å². The molecule has 0 spiro atoms. The zero-order valence-corrected chi connectivity index (χ0v) is 22.9. The minimum absolute atomic E-state index is 0.131. The highest BCUT2D eigenvalue weighted by Crippen LogP contribution is 2.27. The molecule has 0 radical (unpaired) electrons. The van der Waals surface area contributed by atoms with E-state index >= 15 is 0 Å². The predicted molar refractivity (Wildman–Crippen MR) is 150 cm³/mol. The number of ether oxygens (including phenoxy) is 1. The third-order valence-corrected chi connectivity index (χ3v) is 7.19. The first-order valence-corrected chi connectivity index (χ1v) is 13.3. The van der Waals surface area contributed by atoms with Gasteiger partial charge in [-0.2, -0.15) is 5.10 Å². The van der Waals surface area contributed by atoms with Crippen molar-refractivity contribution in [1.82, 2.24) is 24.6 Å². The lowest BCUT2D eigenvalue weighted by Crippen LogP contribution is -2.36. The zero-order chi connectivity index (χ0) is 27.5. The van der Waals surface area contributed by atoms with Crippen LogP contribution in [0.4, 0.5) is 15.9 Å². The second-order valence-corrected chi connectivity index (χ2v) is 10.1. The number of halogens is 2. The number of benzene rings is 2. The van der Waals surface area contributed by atoms with E-state index in [1.54, 1.807) is 10.9 Å². The number of morpholine rings is 1. The van der Waals surface area contributed by atoms with Crippen LogP contribution in [-0.2, 0) is 17.8 Å². The van der Waals surface area contributed by atoms with Gasteiger partial charge in [0.1, 0.15) is 17.2 Å². The molecule has 2 aromatic carbocycles. The lowest BCUT2D eigenvalue weighted by Gasteiger charge is -2.27. The lowest BCUT2D eigenvalue weighted by molar-refractivity contribution is 0.0337. The van der Waals surface area contributed by atoms with Crippen molar-refractivity contribution in [2.45, 2.75) is 39.9 Å². The Hall–Kier alpha value is -3.60. The van der Waals surface area contributed by atoms with Gasteiger partial charge in [0.25, 0.3) is 5.91 Å². The zero-order valence-electron chi connectivity index (χ0n) is 22.2. The van der Waals surface area contributed by atoms with Crippen LogP contribution in [0, 0.1) is 12.7 Å². The van der Waals surface area contributed by atoms with Crippen molar-refractivity contribution in [3.05, 3.63) is 75.8 Å². The number of amides is 1. The summed E-state index contributed by atoms with van der Waals surface area (Å²) in [6, 6.07) is 8.27. The Bertz CT molecular complexity index is 1480. The lowest BCUT2D eigenvalue weighted by atomic mass is 10.0. The van der Waals surface area contributed by atoms with Crippen LogP contribution in [0.1, 0.15) is 46.9 Å². The third-order valence-electron chi connectivity index (χ3n) is 6.86. The third kappa shape index (κ3) is 6.19. The molecule has 1 saturated heterocycles. The normalized spacial score (nSPS) is 14.9. The predicted octanol–water partition coefficient (Wildman–Crippen LogP) is 5.20. The number of fused-ring (bicyclic) bond motifs is 1. The summed E-state index contributed by atoms with van der Waals surface area (Å²) < 4.78 is 22.1. The van der Waals surface area contributed by atoms with Gasteiger partial charge in [-0.15, -0.1) is 0 Å². The van der Waals surface area contributed by atoms with Crippen molar-refractivity contribution in [1.29, 1.82) is 0 Å². The highest BCUT2D eigenvalue weighted by Gasteiger charge is 2.19. The summed E-state index contributed by atoms with van der Waals surface area (Å²) in [5, 5.41) is 10.9. The van der Waals surface area contributed by atoms with E-state index in [9.17, 15) is 9.18 Å². The summed E-state index contributed by atoms with van der Waals surface area (Å²) in [6.45, 7) is 9.78. The number of hydrogen-bond donors (Lipinski definition) is 2. The molecule has 9 nitrogen and oxygen atoms in total. The summed E-state index contributed by atoms with van der Waals surface area (Å²) in [6.07, 6.45) is 3.55. The van der Waals surface area contributed by atoms with Gasteiger partial charge in [-0.1, -0.05) is 17.7 Å². The van der Waals surface area contributed by atoms with E-state index in [2.05, 4.69) is 30.6 Å². The van der Waals surface area contributed by atoms with Crippen LogP contribution in [0.25, 0.3) is 11.2 Å². The van der Waals surface area contributed by atoms with E-state index in [-0.39, 0.29) is 16.6 Å². The molecule has 1 fully saturated rings. The molecule has 11 heteroatoms. The molecule has 5 rings (SSSR count). The molecule has 39 heavy (non-hydrogen) atoms. The van der Waals surface area contributed by atoms with Gasteiger partial charge < -0.3 is 15.4 Å².